The zero-order valence-electron chi connectivity index (χ0n) is 16.2. The smallest absolute Gasteiger partial charge is 0.337 e. The number of allylic oxidation sites excluding steroid dienone is 3. The maximum absolute atomic E-state index is 13.2. The highest BCUT2D eigenvalue weighted by atomic mass is 79.9. The molecule has 2 aromatic carbocycles. The summed E-state index contributed by atoms with van der Waals surface area (Å²) in [6, 6.07) is 17.4. The molecule has 1 atom stereocenters. The van der Waals surface area contributed by atoms with E-state index in [0.29, 0.717) is 17.6 Å². The summed E-state index contributed by atoms with van der Waals surface area (Å²) in [6.45, 7) is 2.08. The Morgan fingerprint density at radius 1 is 1.10 bits per heavy atom. The number of hydrogen-bond donors (Lipinski definition) is 1. The number of ether oxygens (including phenoxy) is 1. The van der Waals surface area contributed by atoms with E-state index in [9.17, 15) is 9.59 Å². The van der Waals surface area contributed by atoms with Crippen LogP contribution in [-0.4, -0.2) is 11.8 Å². The van der Waals surface area contributed by atoms with Gasteiger partial charge < -0.3 is 10.1 Å². The number of halogens is 1. The van der Waals surface area contributed by atoms with Gasteiger partial charge >= 0.3 is 5.97 Å². The van der Waals surface area contributed by atoms with Crippen molar-refractivity contribution in [3.05, 3.63) is 92.7 Å². The van der Waals surface area contributed by atoms with Crippen LogP contribution in [0.15, 0.2) is 81.6 Å². The van der Waals surface area contributed by atoms with Gasteiger partial charge in [0.15, 0.2) is 5.78 Å². The van der Waals surface area contributed by atoms with Crippen LogP contribution in [0.2, 0.25) is 0 Å². The Balaban J connectivity index is 1.70. The summed E-state index contributed by atoms with van der Waals surface area (Å²) in [5, 5.41) is 3.32. The molecule has 0 fully saturated rings. The molecule has 1 heterocycles. The molecule has 0 unspecified atom stereocenters. The first kappa shape index (κ1) is 19.6. The lowest BCUT2D eigenvalue weighted by Gasteiger charge is -2.34. The standard InChI is InChI=1S/C24H22BrNO3/c1-15-21(24(28)29-14-16-6-3-2-4-7-16)22(17-10-12-18(25)13-11-17)23-19(26-15)8-5-9-20(23)27/h2-4,6-7,10-13,22,26H,5,8-9,14H2,1H3/t22-/m0/s1. The minimum atomic E-state index is -0.407. The Bertz CT molecular complexity index is 1010. The molecule has 1 aliphatic carbocycles. The third-order valence-electron chi connectivity index (χ3n) is 5.41. The van der Waals surface area contributed by atoms with Crippen LogP contribution in [-0.2, 0) is 20.9 Å². The molecule has 0 spiro atoms. The van der Waals surface area contributed by atoms with Crippen LogP contribution in [0.5, 0.6) is 0 Å². The molecule has 0 radical (unpaired) electrons. The molecular weight excluding hydrogens is 430 g/mol. The molecule has 148 valence electrons. The molecule has 0 aromatic heterocycles. The summed E-state index contributed by atoms with van der Waals surface area (Å²) >= 11 is 3.46. The van der Waals surface area contributed by atoms with Gasteiger partial charge in [-0.1, -0.05) is 58.4 Å². The molecule has 2 aromatic rings. The predicted molar refractivity (Wildman–Crippen MR) is 115 cm³/mol. The van der Waals surface area contributed by atoms with Crippen molar-refractivity contribution in [2.24, 2.45) is 0 Å². The summed E-state index contributed by atoms with van der Waals surface area (Å²) in [6.07, 6.45) is 2.16. The van der Waals surface area contributed by atoms with Gasteiger partial charge in [-0.05, 0) is 43.0 Å². The number of carbonyl (C=O) groups excluding carboxylic acids is 2. The van der Waals surface area contributed by atoms with Crippen molar-refractivity contribution in [3.8, 4) is 0 Å². The molecule has 5 heteroatoms. The second-order valence-corrected chi connectivity index (χ2v) is 8.29. The molecular formula is C24H22BrNO3. The first-order chi connectivity index (χ1) is 14.0. The summed E-state index contributed by atoms with van der Waals surface area (Å²) < 4.78 is 6.60. The van der Waals surface area contributed by atoms with Gasteiger partial charge in [0.2, 0.25) is 0 Å². The molecule has 0 saturated heterocycles. The van der Waals surface area contributed by atoms with Crippen molar-refractivity contribution < 1.29 is 14.3 Å². The zero-order valence-corrected chi connectivity index (χ0v) is 17.8. The van der Waals surface area contributed by atoms with Crippen LogP contribution >= 0.6 is 15.9 Å². The van der Waals surface area contributed by atoms with E-state index >= 15 is 0 Å². The van der Waals surface area contributed by atoms with E-state index in [1.807, 2.05) is 61.5 Å². The van der Waals surface area contributed by atoms with Gasteiger partial charge in [0.05, 0.1) is 5.57 Å². The summed E-state index contributed by atoms with van der Waals surface area (Å²) in [5.41, 5.74) is 4.75. The molecule has 4 nitrogen and oxygen atoms in total. The lowest BCUT2D eigenvalue weighted by atomic mass is 9.75. The zero-order chi connectivity index (χ0) is 20.4. The molecule has 4 rings (SSSR count). The van der Waals surface area contributed by atoms with Crippen LogP contribution in [0.25, 0.3) is 0 Å². The minimum Gasteiger partial charge on any atom is -0.457 e. The van der Waals surface area contributed by atoms with Crippen LogP contribution in [0.1, 0.15) is 43.2 Å². The number of Topliss-reactive ketones (excluding diaryl/α,β-unsaturated/α-hetero) is 1. The van der Waals surface area contributed by atoms with Crippen LogP contribution in [0.3, 0.4) is 0 Å². The number of nitrogens with one attached hydrogen (secondary N) is 1. The highest BCUT2D eigenvalue weighted by molar-refractivity contribution is 9.10. The van der Waals surface area contributed by atoms with Gasteiger partial charge in [-0.3, -0.25) is 4.79 Å². The second kappa shape index (κ2) is 8.37. The van der Waals surface area contributed by atoms with E-state index in [0.717, 1.165) is 39.8 Å². The van der Waals surface area contributed by atoms with Crippen molar-refractivity contribution in [3.63, 3.8) is 0 Å². The largest absolute Gasteiger partial charge is 0.457 e. The third-order valence-corrected chi connectivity index (χ3v) is 5.94. The molecule has 1 aliphatic heterocycles. The van der Waals surface area contributed by atoms with Crippen LogP contribution < -0.4 is 5.32 Å². The lowest BCUT2D eigenvalue weighted by Crippen LogP contribution is -2.34. The summed E-state index contributed by atoms with van der Waals surface area (Å²) in [7, 11) is 0. The Labute approximate surface area is 178 Å². The molecule has 0 amide bonds. The van der Waals surface area contributed by atoms with Crippen molar-refractivity contribution in [1.29, 1.82) is 0 Å². The Morgan fingerprint density at radius 3 is 2.55 bits per heavy atom. The first-order valence-electron chi connectivity index (χ1n) is 9.75. The number of carbonyl (C=O) groups is 2. The topological polar surface area (TPSA) is 55.4 Å². The Kier molecular flexibility index (Phi) is 5.67. The molecule has 0 saturated carbocycles. The van der Waals surface area contributed by atoms with Gasteiger partial charge in [0.1, 0.15) is 6.61 Å². The Hall–Kier alpha value is -2.66. The van der Waals surface area contributed by atoms with E-state index in [1.54, 1.807) is 0 Å². The van der Waals surface area contributed by atoms with Crippen molar-refractivity contribution in [1.82, 2.24) is 5.32 Å². The fourth-order valence-electron chi connectivity index (χ4n) is 4.04. The maximum Gasteiger partial charge on any atom is 0.337 e. The average molecular weight is 452 g/mol. The normalized spacial score (nSPS) is 19.0. The van der Waals surface area contributed by atoms with Gasteiger partial charge in [-0.25, -0.2) is 4.79 Å². The summed E-state index contributed by atoms with van der Waals surface area (Å²) in [5.74, 6) is -0.695. The number of hydrogen-bond acceptors (Lipinski definition) is 4. The van der Waals surface area contributed by atoms with E-state index < -0.39 is 11.9 Å². The van der Waals surface area contributed by atoms with Crippen LogP contribution in [0.4, 0.5) is 0 Å². The quantitative estimate of drug-likeness (QED) is 0.652. The fraction of sp³-hybridized carbons (Fsp3) is 0.250. The van der Waals surface area contributed by atoms with E-state index in [4.69, 9.17) is 4.74 Å². The monoisotopic (exact) mass is 451 g/mol. The van der Waals surface area contributed by atoms with Gasteiger partial charge in [0.25, 0.3) is 0 Å². The highest BCUT2D eigenvalue weighted by Gasteiger charge is 2.39. The summed E-state index contributed by atoms with van der Waals surface area (Å²) in [4.78, 5) is 26.0. The SMILES string of the molecule is CC1=C(C(=O)OCc2ccccc2)[C@H](c2ccc(Br)cc2)C2=C(CCCC2=O)N1. The lowest BCUT2D eigenvalue weighted by molar-refractivity contribution is -0.140. The van der Waals surface area contributed by atoms with E-state index in [-0.39, 0.29) is 12.4 Å². The first-order valence-corrected chi connectivity index (χ1v) is 10.5. The average Bonchev–Trinajstić information content (AvgIpc) is 2.72. The van der Waals surface area contributed by atoms with Gasteiger partial charge in [-0.15, -0.1) is 0 Å². The number of benzene rings is 2. The van der Waals surface area contributed by atoms with Crippen molar-refractivity contribution >= 4 is 27.7 Å². The van der Waals surface area contributed by atoms with E-state index in [1.165, 1.54) is 0 Å². The molecule has 0 bridgehead atoms. The molecule has 1 N–H and O–H groups in total. The van der Waals surface area contributed by atoms with Crippen molar-refractivity contribution in [2.45, 2.75) is 38.7 Å². The third kappa shape index (κ3) is 4.06. The number of rotatable bonds is 4. The second-order valence-electron chi connectivity index (χ2n) is 7.38. The minimum absolute atomic E-state index is 0.104. The maximum atomic E-state index is 13.2. The van der Waals surface area contributed by atoms with Gasteiger partial charge in [0, 0.05) is 33.8 Å². The predicted octanol–water partition coefficient (Wildman–Crippen LogP) is 5.16. The Morgan fingerprint density at radius 2 is 1.83 bits per heavy atom. The number of esters is 1. The van der Waals surface area contributed by atoms with Crippen LogP contribution in [0, 0.1) is 0 Å². The highest BCUT2D eigenvalue weighted by Crippen LogP contribution is 2.42. The number of dihydropyridines is 1. The van der Waals surface area contributed by atoms with Crippen molar-refractivity contribution in [2.75, 3.05) is 0 Å². The molecule has 29 heavy (non-hydrogen) atoms. The molecule has 2 aliphatic rings. The number of ketones is 1. The van der Waals surface area contributed by atoms with Gasteiger partial charge in [-0.2, -0.15) is 0 Å². The van der Waals surface area contributed by atoms with E-state index in [2.05, 4.69) is 21.2 Å². The fourth-order valence-corrected chi connectivity index (χ4v) is 4.31.